The molecule has 0 atom stereocenters. The zero-order valence-corrected chi connectivity index (χ0v) is 9.19. The first-order valence-electron chi connectivity index (χ1n) is 5.55. The summed E-state index contributed by atoms with van der Waals surface area (Å²) in [6.07, 6.45) is 5.98. The topological polar surface area (TPSA) is 51.2 Å². The van der Waals surface area contributed by atoms with Gasteiger partial charge in [-0.25, -0.2) is 4.98 Å². The van der Waals surface area contributed by atoms with E-state index in [9.17, 15) is 0 Å². The van der Waals surface area contributed by atoms with Gasteiger partial charge >= 0.3 is 0 Å². The summed E-state index contributed by atoms with van der Waals surface area (Å²) in [7, 11) is 0. The quantitative estimate of drug-likeness (QED) is 0.856. The monoisotopic (exact) mass is 218 g/mol. The Kier molecular flexibility index (Phi) is 2.29. The van der Waals surface area contributed by atoms with E-state index in [-0.39, 0.29) is 0 Å². The molecule has 2 aromatic heterocycles. The number of hydrogen-bond donors (Lipinski definition) is 1. The van der Waals surface area contributed by atoms with Gasteiger partial charge in [-0.15, -0.1) is 0 Å². The molecule has 0 aliphatic heterocycles. The van der Waals surface area contributed by atoms with E-state index in [1.54, 1.807) is 12.5 Å². The largest absolute Gasteiger partial charge is 0.469 e. The van der Waals surface area contributed by atoms with Crippen LogP contribution in [0.25, 0.3) is 11.3 Å². The summed E-state index contributed by atoms with van der Waals surface area (Å²) in [5.41, 5.74) is 0.947. The Morgan fingerprint density at radius 1 is 1.50 bits per heavy atom. The SMILES string of the molecule is Cc1cc(-c2cnc(CNC3CC3)o2)co1. The minimum Gasteiger partial charge on any atom is -0.469 e. The highest BCUT2D eigenvalue weighted by molar-refractivity contribution is 5.55. The van der Waals surface area contributed by atoms with Gasteiger partial charge in [0.25, 0.3) is 0 Å². The molecule has 0 unspecified atom stereocenters. The molecule has 2 heterocycles. The summed E-state index contributed by atoms with van der Waals surface area (Å²) in [6, 6.07) is 2.62. The Morgan fingerprint density at radius 3 is 3.06 bits per heavy atom. The Labute approximate surface area is 93.7 Å². The summed E-state index contributed by atoms with van der Waals surface area (Å²) >= 11 is 0. The van der Waals surface area contributed by atoms with Crippen LogP contribution in [0.3, 0.4) is 0 Å². The Balaban J connectivity index is 1.71. The molecule has 1 aliphatic carbocycles. The molecule has 0 aromatic carbocycles. The van der Waals surface area contributed by atoms with E-state index in [1.807, 2.05) is 13.0 Å². The lowest BCUT2D eigenvalue weighted by atomic mass is 10.3. The minimum absolute atomic E-state index is 0.673. The normalized spacial score (nSPS) is 15.6. The number of rotatable bonds is 4. The van der Waals surface area contributed by atoms with E-state index in [1.165, 1.54) is 12.8 Å². The zero-order valence-electron chi connectivity index (χ0n) is 9.19. The van der Waals surface area contributed by atoms with Crippen molar-refractivity contribution >= 4 is 0 Å². The van der Waals surface area contributed by atoms with Crippen LogP contribution in [0.2, 0.25) is 0 Å². The minimum atomic E-state index is 0.673. The second-order valence-electron chi connectivity index (χ2n) is 4.22. The standard InChI is InChI=1S/C12H14N2O2/c1-8-4-9(7-15-8)11-5-14-12(16-11)6-13-10-2-3-10/h4-5,7,10,13H,2-3,6H2,1H3. The van der Waals surface area contributed by atoms with Crippen molar-refractivity contribution < 1.29 is 8.83 Å². The first kappa shape index (κ1) is 9.66. The Morgan fingerprint density at radius 2 is 2.38 bits per heavy atom. The molecule has 0 bridgehead atoms. The van der Waals surface area contributed by atoms with E-state index in [0.29, 0.717) is 12.6 Å². The smallest absolute Gasteiger partial charge is 0.208 e. The van der Waals surface area contributed by atoms with E-state index in [4.69, 9.17) is 8.83 Å². The van der Waals surface area contributed by atoms with Crippen molar-refractivity contribution in [3.05, 3.63) is 30.2 Å². The number of oxazole rings is 1. The van der Waals surface area contributed by atoms with Gasteiger partial charge in [0.2, 0.25) is 5.89 Å². The van der Waals surface area contributed by atoms with Crippen molar-refractivity contribution in [3.63, 3.8) is 0 Å². The van der Waals surface area contributed by atoms with Crippen LogP contribution < -0.4 is 5.32 Å². The molecule has 0 spiro atoms. The molecule has 0 saturated heterocycles. The van der Waals surface area contributed by atoms with Crippen molar-refractivity contribution in [2.24, 2.45) is 0 Å². The van der Waals surface area contributed by atoms with Crippen molar-refractivity contribution in [2.75, 3.05) is 0 Å². The van der Waals surface area contributed by atoms with E-state index in [0.717, 1.165) is 23.0 Å². The van der Waals surface area contributed by atoms with Crippen molar-refractivity contribution in [1.29, 1.82) is 0 Å². The maximum atomic E-state index is 5.63. The van der Waals surface area contributed by atoms with Gasteiger partial charge in [0.05, 0.1) is 18.3 Å². The molecule has 0 amide bonds. The molecular weight excluding hydrogens is 204 g/mol. The molecule has 1 fully saturated rings. The van der Waals surface area contributed by atoms with Crippen LogP contribution in [0.15, 0.2) is 27.4 Å². The predicted molar refractivity (Wildman–Crippen MR) is 58.8 cm³/mol. The van der Waals surface area contributed by atoms with Crippen LogP contribution >= 0.6 is 0 Å². The number of aromatic nitrogens is 1. The predicted octanol–water partition coefficient (Wildman–Crippen LogP) is 2.50. The molecule has 1 saturated carbocycles. The summed E-state index contributed by atoms with van der Waals surface area (Å²) in [5.74, 6) is 2.38. The average Bonchev–Trinajstić information content (AvgIpc) is 2.81. The van der Waals surface area contributed by atoms with Gasteiger partial charge in [-0.1, -0.05) is 0 Å². The molecule has 84 valence electrons. The first-order valence-corrected chi connectivity index (χ1v) is 5.55. The number of hydrogen-bond acceptors (Lipinski definition) is 4. The van der Waals surface area contributed by atoms with Crippen LogP contribution in [-0.4, -0.2) is 11.0 Å². The van der Waals surface area contributed by atoms with Gasteiger partial charge in [-0.05, 0) is 25.8 Å². The second-order valence-corrected chi connectivity index (χ2v) is 4.22. The summed E-state index contributed by atoms with van der Waals surface area (Å²) < 4.78 is 10.9. The van der Waals surface area contributed by atoms with Crippen LogP contribution in [0.4, 0.5) is 0 Å². The van der Waals surface area contributed by atoms with Gasteiger partial charge in [0, 0.05) is 6.04 Å². The van der Waals surface area contributed by atoms with Crippen LogP contribution in [-0.2, 0) is 6.54 Å². The molecule has 3 rings (SSSR count). The molecule has 2 aromatic rings. The van der Waals surface area contributed by atoms with Gasteiger partial charge in [-0.2, -0.15) is 0 Å². The molecule has 1 aliphatic rings. The van der Waals surface area contributed by atoms with Crippen molar-refractivity contribution in [1.82, 2.24) is 10.3 Å². The lowest BCUT2D eigenvalue weighted by Crippen LogP contribution is -2.15. The first-order chi connectivity index (χ1) is 7.81. The van der Waals surface area contributed by atoms with E-state index < -0.39 is 0 Å². The van der Waals surface area contributed by atoms with Crippen LogP contribution in [0.1, 0.15) is 24.5 Å². The third-order valence-electron chi connectivity index (χ3n) is 2.69. The van der Waals surface area contributed by atoms with Gasteiger partial charge < -0.3 is 14.2 Å². The van der Waals surface area contributed by atoms with Gasteiger partial charge in [0.15, 0.2) is 5.76 Å². The second kappa shape index (κ2) is 3.79. The lowest BCUT2D eigenvalue weighted by molar-refractivity contribution is 0.475. The summed E-state index contributed by atoms with van der Waals surface area (Å²) in [6.45, 7) is 2.62. The van der Waals surface area contributed by atoms with Gasteiger partial charge in [0.1, 0.15) is 12.0 Å². The number of nitrogens with zero attached hydrogens (tertiary/aromatic N) is 1. The molecule has 16 heavy (non-hydrogen) atoms. The zero-order chi connectivity index (χ0) is 11.0. The number of furan rings is 1. The fourth-order valence-electron chi connectivity index (χ4n) is 1.62. The van der Waals surface area contributed by atoms with Crippen LogP contribution in [0, 0.1) is 6.92 Å². The molecule has 0 radical (unpaired) electrons. The highest BCUT2D eigenvalue weighted by Crippen LogP contribution is 2.23. The molecule has 1 N–H and O–H groups in total. The Hall–Kier alpha value is -1.55. The highest BCUT2D eigenvalue weighted by atomic mass is 16.4. The van der Waals surface area contributed by atoms with Crippen molar-refractivity contribution in [3.8, 4) is 11.3 Å². The fourth-order valence-corrected chi connectivity index (χ4v) is 1.62. The lowest BCUT2D eigenvalue weighted by Gasteiger charge is -1.96. The molecular formula is C12H14N2O2. The third-order valence-corrected chi connectivity index (χ3v) is 2.69. The molecule has 4 nitrogen and oxygen atoms in total. The summed E-state index contributed by atoms with van der Waals surface area (Å²) in [4.78, 5) is 4.23. The number of aryl methyl sites for hydroxylation is 1. The Bertz CT molecular complexity index is 483. The maximum absolute atomic E-state index is 5.63. The third kappa shape index (κ3) is 2.02. The number of nitrogens with one attached hydrogen (secondary N) is 1. The maximum Gasteiger partial charge on any atom is 0.208 e. The average molecular weight is 218 g/mol. The van der Waals surface area contributed by atoms with E-state index in [2.05, 4.69) is 10.3 Å². The highest BCUT2D eigenvalue weighted by Gasteiger charge is 2.21. The molecule has 4 heteroatoms. The van der Waals surface area contributed by atoms with Crippen molar-refractivity contribution in [2.45, 2.75) is 32.4 Å². The fraction of sp³-hybridized carbons (Fsp3) is 0.417. The van der Waals surface area contributed by atoms with E-state index >= 15 is 0 Å². The van der Waals surface area contributed by atoms with Gasteiger partial charge in [-0.3, -0.25) is 0 Å². The summed E-state index contributed by atoms with van der Waals surface area (Å²) in [5, 5.41) is 3.36. The van der Waals surface area contributed by atoms with Crippen LogP contribution in [0.5, 0.6) is 0 Å².